The van der Waals surface area contributed by atoms with Crippen LogP contribution in [0.1, 0.15) is 13.8 Å². The Morgan fingerprint density at radius 1 is 1.35 bits per heavy atom. The smallest absolute Gasteiger partial charge is 0.293 e. The van der Waals surface area contributed by atoms with Crippen LogP contribution in [0.3, 0.4) is 0 Å². The zero-order valence-electron chi connectivity index (χ0n) is 9.63. The van der Waals surface area contributed by atoms with Crippen molar-refractivity contribution in [2.45, 2.75) is 18.7 Å². The van der Waals surface area contributed by atoms with Gasteiger partial charge < -0.3 is 5.32 Å². The highest BCUT2D eigenvalue weighted by Gasteiger charge is 2.19. The average molecular weight is 258 g/mol. The molecule has 0 aliphatic rings. The lowest BCUT2D eigenvalue weighted by Crippen LogP contribution is -2.06. The predicted octanol–water partition coefficient (Wildman–Crippen LogP) is 1.82. The number of anilines is 1. The van der Waals surface area contributed by atoms with Crippen molar-refractivity contribution in [2.24, 2.45) is 0 Å². The van der Waals surface area contributed by atoms with E-state index in [2.05, 4.69) is 5.32 Å². The first-order valence-corrected chi connectivity index (χ1v) is 6.82. The molecule has 0 amide bonds. The first kappa shape index (κ1) is 13.4. The fourth-order valence-electron chi connectivity index (χ4n) is 1.36. The number of nitrogens with zero attached hydrogens (tertiary/aromatic N) is 1. The molecule has 1 aromatic rings. The van der Waals surface area contributed by atoms with Crippen LogP contribution in [0.5, 0.6) is 0 Å². The van der Waals surface area contributed by atoms with Crippen LogP contribution in [0.4, 0.5) is 11.4 Å². The quantitative estimate of drug-likeness (QED) is 0.642. The Bertz CT molecular complexity index is 525. The molecule has 1 rings (SSSR count). The summed E-state index contributed by atoms with van der Waals surface area (Å²) in [7, 11) is -3.42. The number of hydrogen-bond acceptors (Lipinski definition) is 5. The molecule has 0 radical (unpaired) electrons. The average Bonchev–Trinajstić information content (AvgIpc) is 2.29. The monoisotopic (exact) mass is 258 g/mol. The summed E-state index contributed by atoms with van der Waals surface area (Å²) in [6.07, 6.45) is 0. The lowest BCUT2D eigenvalue weighted by Gasteiger charge is -2.06. The molecule has 17 heavy (non-hydrogen) atoms. The van der Waals surface area contributed by atoms with Gasteiger partial charge in [-0.2, -0.15) is 0 Å². The minimum Gasteiger partial charge on any atom is -0.380 e. The number of benzene rings is 1. The second kappa shape index (κ2) is 5.13. The van der Waals surface area contributed by atoms with E-state index in [1.54, 1.807) is 6.92 Å². The topological polar surface area (TPSA) is 89.3 Å². The van der Waals surface area contributed by atoms with Gasteiger partial charge in [0.25, 0.3) is 5.69 Å². The van der Waals surface area contributed by atoms with E-state index in [1.807, 2.05) is 0 Å². The van der Waals surface area contributed by atoms with Crippen molar-refractivity contribution in [3.05, 3.63) is 28.3 Å². The van der Waals surface area contributed by atoms with Crippen LogP contribution in [0.25, 0.3) is 0 Å². The van der Waals surface area contributed by atoms with E-state index in [0.29, 0.717) is 12.2 Å². The van der Waals surface area contributed by atoms with Crippen LogP contribution < -0.4 is 5.32 Å². The molecule has 0 aromatic heterocycles. The van der Waals surface area contributed by atoms with E-state index in [9.17, 15) is 18.5 Å². The zero-order valence-corrected chi connectivity index (χ0v) is 10.5. The van der Waals surface area contributed by atoms with E-state index in [1.165, 1.54) is 19.1 Å². The standard InChI is InChI=1S/C10H14N2O4S/c1-3-11-9-6-5-8(17(15,16)4-2)7-10(9)12(13)14/h5-7,11H,3-4H2,1-2H3. The number of sulfone groups is 1. The molecule has 1 N–H and O–H groups in total. The van der Waals surface area contributed by atoms with Crippen molar-refractivity contribution in [3.8, 4) is 0 Å². The van der Waals surface area contributed by atoms with Gasteiger partial charge in [0, 0.05) is 12.6 Å². The molecule has 0 saturated carbocycles. The molecule has 0 fully saturated rings. The van der Waals surface area contributed by atoms with Crippen LogP contribution in [0.2, 0.25) is 0 Å². The van der Waals surface area contributed by atoms with Crippen molar-refractivity contribution >= 4 is 21.2 Å². The van der Waals surface area contributed by atoms with Gasteiger partial charge in [-0.05, 0) is 19.1 Å². The van der Waals surface area contributed by atoms with Gasteiger partial charge in [0.15, 0.2) is 9.84 Å². The fraction of sp³-hybridized carbons (Fsp3) is 0.400. The molecule has 94 valence electrons. The maximum absolute atomic E-state index is 11.6. The lowest BCUT2D eigenvalue weighted by atomic mass is 10.2. The van der Waals surface area contributed by atoms with Gasteiger partial charge in [-0.3, -0.25) is 10.1 Å². The van der Waals surface area contributed by atoms with Crippen molar-refractivity contribution in [3.63, 3.8) is 0 Å². The SMILES string of the molecule is CCNc1ccc(S(=O)(=O)CC)cc1[N+](=O)[O-]. The second-order valence-corrected chi connectivity index (χ2v) is 5.65. The van der Waals surface area contributed by atoms with E-state index in [-0.39, 0.29) is 16.3 Å². The summed E-state index contributed by atoms with van der Waals surface area (Å²) in [5.74, 6) is -0.0787. The first-order valence-electron chi connectivity index (χ1n) is 5.17. The molecular formula is C10H14N2O4S. The number of nitro benzene ring substituents is 1. The third kappa shape index (κ3) is 2.94. The molecule has 0 heterocycles. The summed E-state index contributed by atoms with van der Waals surface area (Å²) >= 11 is 0. The van der Waals surface area contributed by atoms with Crippen LogP contribution in [-0.4, -0.2) is 25.6 Å². The van der Waals surface area contributed by atoms with Crippen molar-refractivity contribution in [2.75, 3.05) is 17.6 Å². The van der Waals surface area contributed by atoms with Crippen molar-refractivity contribution in [1.29, 1.82) is 0 Å². The van der Waals surface area contributed by atoms with Gasteiger partial charge in [-0.15, -0.1) is 0 Å². The van der Waals surface area contributed by atoms with Gasteiger partial charge in [0.1, 0.15) is 5.69 Å². The molecule has 1 aromatic carbocycles. The summed E-state index contributed by atoms with van der Waals surface area (Å²) in [6.45, 7) is 3.83. The van der Waals surface area contributed by atoms with E-state index in [4.69, 9.17) is 0 Å². The summed E-state index contributed by atoms with van der Waals surface area (Å²) in [5, 5.41) is 13.7. The van der Waals surface area contributed by atoms with Gasteiger partial charge in [-0.1, -0.05) is 6.92 Å². The molecule has 0 aliphatic carbocycles. The second-order valence-electron chi connectivity index (χ2n) is 3.37. The van der Waals surface area contributed by atoms with Crippen molar-refractivity contribution < 1.29 is 13.3 Å². The molecular weight excluding hydrogens is 244 g/mol. The molecule has 0 unspecified atom stereocenters. The molecule has 0 saturated heterocycles. The maximum Gasteiger partial charge on any atom is 0.293 e. The Labute approximate surface area is 99.7 Å². The van der Waals surface area contributed by atoms with Crippen LogP contribution in [0, 0.1) is 10.1 Å². The van der Waals surface area contributed by atoms with Crippen molar-refractivity contribution in [1.82, 2.24) is 0 Å². The highest BCUT2D eigenvalue weighted by atomic mass is 32.2. The van der Waals surface area contributed by atoms with Crippen LogP contribution in [-0.2, 0) is 9.84 Å². The number of nitrogens with one attached hydrogen (secondary N) is 1. The first-order chi connectivity index (χ1) is 7.92. The highest BCUT2D eigenvalue weighted by Crippen LogP contribution is 2.27. The van der Waals surface area contributed by atoms with E-state index < -0.39 is 14.8 Å². The van der Waals surface area contributed by atoms with Gasteiger partial charge in [-0.25, -0.2) is 8.42 Å². The summed E-state index contributed by atoms with van der Waals surface area (Å²) < 4.78 is 23.2. The number of rotatable bonds is 5. The minimum atomic E-state index is -3.42. The Kier molecular flexibility index (Phi) is 4.06. The summed E-state index contributed by atoms with van der Waals surface area (Å²) in [4.78, 5) is 10.2. The van der Waals surface area contributed by atoms with Crippen LogP contribution >= 0.6 is 0 Å². The minimum absolute atomic E-state index is 0.0200. The summed E-state index contributed by atoms with van der Waals surface area (Å²) in [5.41, 5.74) is 0.105. The predicted molar refractivity (Wildman–Crippen MR) is 65.0 cm³/mol. The Morgan fingerprint density at radius 3 is 2.47 bits per heavy atom. The van der Waals surface area contributed by atoms with Gasteiger partial charge in [0.05, 0.1) is 15.6 Å². The molecule has 0 aliphatic heterocycles. The largest absolute Gasteiger partial charge is 0.380 e. The van der Waals surface area contributed by atoms with E-state index in [0.717, 1.165) is 6.07 Å². The third-order valence-electron chi connectivity index (χ3n) is 2.27. The number of nitro groups is 1. The lowest BCUT2D eigenvalue weighted by molar-refractivity contribution is -0.384. The third-order valence-corrected chi connectivity index (χ3v) is 4.00. The summed E-state index contributed by atoms with van der Waals surface area (Å²) in [6, 6.07) is 3.89. The maximum atomic E-state index is 11.6. The highest BCUT2D eigenvalue weighted by molar-refractivity contribution is 7.91. The Morgan fingerprint density at radius 2 is 2.00 bits per heavy atom. The molecule has 0 spiro atoms. The molecule has 0 bridgehead atoms. The Balaban J connectivity index is 3.33. The molecule has 0 atom stereocenters. The molecule has 6 nitrogen and oxygen atoms in total. The van der Waals surface area contributed by atoms with Crippen LogP contribution in [0.15, 0.2) is 23.1 Å². The Hall–Kier alpha value is -1.63. The number of hydrogen-bond donors (Lipinski definition) is 1. The van der Waals surface area contributed by atoms with Gasteiger partial charge >= 0.3 is 0 Å². The van der Waals surface area contributed by atoms with Gasteiger partial charge in [0.2, 0.25) is 0 Å². The molecule has 7 heteroatoms. The normalized spacial score (nSPS) is 11.2. The fourth-order valence-corrected chi connectivity index (χ4v) is 2.26. The zero-order chi connectivity index (χ0) is 13.1. The van der Waals surface area contributed by atoms with E-state index >= 15 is 0 Å².